The Labute approximate surface area is 160 Å². The molecule has 0 N–H and O–H groups in total. The molecule has 0 unspecified atom stereocenters. The van der Waals surface area contributed by atoms with Gasteiger partial charge in [0.2, 0.25) is 0 Å². The van der Waals surface area contributed by atoms with Gasteiger partial charge in [-0.15, -0.1) is 0 Å². The lowest BCUT2D eigenvalue weighted by atomic mass is 10.0. The minimum atomic E-state index is -0.776. The number of rotatable bonds is 4. The predicted molar refractivity (Wildman–Crippen MR) is 106 cm³/mol. The zero-order valence-electron chi connectivity index (χ0n) is 15.0. The fourth-order valence-corrected chi connectivity index (χ4v) is 2.94. The number of ether oxygens (including phenoxy) is 2. The van der Waals surface area contributed by atoms with E-state index >= 15 is 0 Å². The van der Waals surface area contributed by atoms with Crippen LogP contribution in [0.1, 0.15) is 10.4 Å². The molecule has 0 fully saturated rings. The van der Waals surface area contributed by atoms with Crippen LogP contribution in [0.4, 0.5) is 0 Å². The number of esters is 1. The zero-order chi connectivity index (χ0) is 19.5. The molecule has 138 valence electrons. The Morgan fingerprint density at radius 3 is 2.43 bits per heavy atom. The fraction of sp³-hybridized carbons (Fsp3) is 0.0435. The van der Waals surface area contributed by atoms with Crippen LogP contribution in [-0.2, 0) is 0 Å². The van der Waals surface area contributed by atoms with Crippen LogP contribution in [0, 0.1) is 0 Å². The summed E-state index contributed by atoms with van der Waals surface area (Å²) < 4.78 is 16.0. The number of methoxy groups -OCH3 is 1. The first-order chi connectivity index (χ1) is 13.7. The second-order valence-corrected chi connectivity index (χ2v) is 6.10. The highest BCUT2D eigenvalue weighted by atomic mass is 16.5. The molecule has 3 aromatic carbocycles. The molecule has 5 nitrogen and oxygen atoms in total. The summed E-state index contributed by atoms with van der Waals surface area (Å²) in [7, 11) is 1.54. The van der Waals surface area contributed by atoms with Crippen molar-refractivity contribution >= 4 is 16.9 Å². The summed E-state index contributed by atoms with van der Waals surface area (Å²) in [4.78, 5) is 25.0. The average Bonchev–Trinajstić information content (AvgIpc) is 2.74. The molecule has 5 heteroatoms. The second kappa shape index (κ2) is 7.40. The van der Waals surface area contributed by atoms with E-state index < -0.39 is 11.6 Å². The third-order valence-corrected chi connectivity index (χ3v) is 4.33. The van der Waals surface area contributed by atoms with E-state index in [2.05, 4.69) is 0 Å². The summed E-state index contributed by atoms with van der Waals surface area (Å²) in [5.74, 6) is 0.181. The van der Waals surface area contributed by atoms with E-state index in [-0.39, 0.29) is 5.56 Å². The number of para-hydroxylation sites is 1. The first-order valence-corrected chi connectivity index (χ1v) is 8.64. The Bertz CT molecular complexity index is 1210. The van der Waals surface area contributed by atoms with Gasteiger partial charge in [0.25, 0.3) is 0 Å². The summed E-state index contributed by atoms with van der Waals surface area (Å²) in [6.07, 6.45) is 0. The molecule has 0 aliphatic carbocycles. The van der Waals surface area contributed by atoms with Crippen LogP contribution in [-0.4, -0.2) is 13.1 Å². The second-order valence-electron chi connectivity index (χ2n) is 6.10. The fourth-order valence-electron chi connectivity index (χ4n) is 2.94. The molecule has 4 rings (SSSR count). The quantitative estimate of drug-likeness (QED) is 0.295. The normalized spacial score (nSPS) is 10.6. The monoisotopic (exact) mass is 372 g/mol. The molecular formula is C23H16O5. The number of carbonyl (C=O) groups excluding carboxylic acids is 1. The van der Waals surface area contributed by atoms with Crippen molar-refractivity contribution in [1.82, 2.24) is 0 Å². The molecule has 0 saturated carbocycles. The number of benzene rings is 3. The van der Waals surface area contributed by atoms with E-state index in [1.807, 2.05) is 42.5 Å². The summed E-state index contributed by atoms with van der Waals surface area (Å²) in [6.45, 7) is 0. The topological polar surface area (TPSA) is 65.7 Å². The molecule has 28 heavy (non-hydrogen) atoms. The lowest BCUT2D eigenvalue weighted by molar-refractivity contribution is 0.0731. The van der Waals surface area contributed by atoms with Gasteiger partial charge in [-0.3, -0.25) is 0 Å². The van der Waals surface area contributed by atoms with Crippen LogP contribution in [0.5, 0.6) is 11.5 Å². The molecule has 0 aliphatic rings. The molecule has 0 amide bonds. The van der Waals surface area contributed by atoms with Gasteiger partial charge >= 0.3 is 11.6 Å². The van der Waals surface area contributed by atoms with Crippen molar-refractivity contribution in [3.8, 4) is 22.6 Å². The molecule has 0 aliphatic heterocycles. The highest BCUT2D eigenvalue weighted by molar-refractivity contribution is 5.95. The van der Waals surface area contributed by atoms with Gasteiger partial charge in [-0.2, -0.15) is 0 Å². The average molecular weight is 372 g/mol. The van der Waals surface area contributed by atoms with Crippen molar-refractivity contribution in [2.24, 2.45) is 0 Å². The Balaban J connectivity index is 1.72. The van der Waals surface area contributed by atoms with Gasteiger partial charge in [0.15, 0.2) is 0 Å². The smallest absolute Gasteiger partial charge is 0.351 e. The van der Waals surface area contributed by atoms with E-state index in [0.29, 0.717) is 22.5 Å². The lowest BCUT2D eigenvalue weighted by Gasteiger charge is -2.10. The van der Waals surface area contributed by atoms with E-state index in [0.717, 1.165) is 11.1 Å². The molecule has 0 saturated heterocycles. The minimum Gasteiger partial charge on any atom is -0.497 e. The molecule has 1 heterocycles. The van der Waals surface area contributed by atoms with Crippen molar-refractivity contribution in [3.63, 3.8) is 0 Å². The van der Waals surface area contributed by atoms with Gasteiger partial charge in [0.05, 0.1) is 7.11 Å². The molecule has 0 spiro atoms. The van der Waals surface area contributed by atoms with Crippen molar-refractivity contribution < 1.29 is 18.7 Å². The lowest BCUT2D eigenvalue weighted by Crippen LogP contribution is -2.19. The molecule has 0 bridgehead atoms. The van der Waals surface area contributed by atoms with Gasteiger partial charge < -0.3 is 13.9 Å². The Hall–Kier alpha value is -3.86. The van der Waals surface area contributed by atoms with E-state index in [1.165, 1.54) is 13.2 Å². The molecule has 4 aromatic rings. The summed E-state index contributed by atoms with van der Waals surface area (Å²) in [6, 6.07) is 23.2. The van der Waals surface area contributed by atoms with Crippen LogP contribution in [0.2, 0.25) is 0 Å². The number of hydrogen-bond donors (Lipinski definition) is 0. The first-order valence-electron chi connectivity index (χ1n) is 8.64. The van der Waals surface area contributed by atoms with Crippen LogP contribution < -0.4 is 15.1 Å². The van der Waals surface area contributed by atoms with Crippen molar-refractivity contribution in [3.05, 3.63) is 94.8 Å². The Morgan fingerprint density at radius 2 is 1.64 bits per heavy atom. The number of carbonyl (C=O) groups is 1. The van der Waals surface area contributed by atoms with Crippen molar-refractivity contribution in [2.45, 2.75) is 0 Å². The SMILES string of the molecule is COc1ccc2oc(=O)c(C(=O)Oc3ccccc3-c3ccccc3)cc2c1. The number of hydrogen-bond acceptors (Lipinski definition) is 5. The molecular weight excluding hydrogens is 356 g/mol. The van der Waals surface area contributed by atoms with Crippen LogP contribution >= 0.6 is 0 Å². The zero-order valence-corrected chi connectivity index (χ0v) is 15.0. The van der Waals surface area contributed by atoms with Crippen molar-refractivity contribution in [2.75, 3.05) is 7.11 Å². The summed E-state index contributed by atoms with van der Waals surface area (Å²) in [5, 5.41) is 0.572. The minimum absolute atomic E-state index is 0.177. The highest BCUT2D eigenvalue weighted by Crippen LogP contribution is 2.30. The predicted octanol–water partition coefficient (Wildman–Crippen LogP) is 4.69. The number of fused-ring (bicyclic) bond motifs is 1. The van der Waals surface area contributed by atoms with Gasteiger partial charge in [-0.1, -0.05) is 48.5 Å². The van der Waals surface area contributed by atoms with Gasteiger partial charge in [-0.05, 0) is 35.9 Å². The largest absolute Gasteiger partial charge is 0.497 e. The standard InChI is InChI=1S/C23H16O5/c1-26-17-11-12-20-16(13-17)14-19(22(24)27-20)23(25)28-21-10-6-5-9-18(21)15-7-3-2-4-8-15/h2-14H,1H3. The maximum atomic E-state index is 12.7. The molecule has 0 atom stereocenters. The Kier molecular flexibility index (Phi) is 4.64. The third-order valence-electron chi connectivity index (χ3n) is 4.33. The van der Waals surface area contributed by atoms with E-state index in [9.17, 15) is 9.59 Å². The Morgan fingerprint density at radius 1 is 0.893 bits per heavy atom. The van der Waals surface area contributed by atoms with E-state index in [1.54, 1.807) is 30.3 Å². The highest BCUT2D eigenvalue weighted by Gasteiger charge is 2.18. The third kappa shape index (κ3) is 3.38. The van der Waals surface area contributed by atoms with Crippen LogP contribution in [0.3, 0.4) is 0 Å². The van der Waals surface area contributed by atoms with Gasteiger partial charge in [0.1, 0.15) is 22.6 Å². The van der Waals surface area contributed by atoms with Gasteiger partial charge in [0, 0.05) is 10.9 Å². The van der Waals surface area contributed by atoms with Gasteiger partial charge in [-0.25, -0.2) is 9.59 Å². The maximum absolute atomic E-state index is 12.7. The van der Waals surface area contributed by atoms with Crippen LogP contribution in [0.25, 0.3) is 22.1 Å². The summed E-state index contributed by atoms with van der Waals surface area (Å²) in [5.41, 5.74) is 1.10. The maximum Gasteiger partial charge on any atom is 0.351 e. The first kappa shape index (κ1) is 17.5. The molecule has 1 aromatic heterocycles. The summed E-state index contributed by atoms with van der Waals surface area (Å²) >= 11 is 0. The van der Waals surface area contributed by atoms with Crippen molar-refractivity contribution in [1.29, 1.82) is 0 Å². The van der Waals surface area contributed by atoms with E-state index in [4.69, 9.17) is 13.9 Å². The molecule has 0 radical (unpaired) electrons. The van der Waals surface area contributed by atoms with Crippen LogP contribution in [0.15, 0.2) is 88.1 Å².